The van der Waals surface area contributed by atoms with Gasteiger partial charge >= 0.3 is 11.8 Å². The van der Waals surface area contributed by atoms with E-state index in [1.807, 2.05) is 0 Å². The van der Waals surface area contributed by atoms with Crippen LogP contribution in [0.2, 0.25) is 0 Å². The molecule has 6 N–H and O–H groups in total. The standard InChI is InChI=1S/C10H12FN5O4.C4H3FN2O2/c11-10-14-7(12)4-8(15-10)16(2-13-4)9-6(19)5(18)3(1-17)20-9;5-7-2-1-3(8)6-4(7)9/h2-3,5-6,9,17-19H,1H2,(H2,12,14,15);1-2H,(H,6,8,9)/t3-,5-,6+,9-;/m1./s1. The number of rotatable bonds is 2. The summed E-state index contributed by atoms with van der Waals surface area (Å²) in [6.45, 7) is -0.465. The third-order valence-electron chi connectivity index (χ3n) is 3.99. The fourth-order valence-electron chi connectivity index (χ4n) is 2.61. The van der Waals surface area contributed by atoms with Crippen LogP contribution in [0, 0.1) is 6.08 Å². The highest BCUT2D eigenvalue weighted by Gasteiger charge is 2.44. The van der Waals surface area contributed by atoms with Crippen LogP contribution in [0.1, 0.15) is 6.23 Å². The van der Waals surface area contributed by atoms with Crippen LogP contribution in [0.5, 0.6) is 0 Å². The van der Waals surface area contributed by atoms with Crippen molar-refractivity contribution in [3.05, 3.63) is 45.5 Å². The molecule has 4 heterocycles. The molecule has 0 aromatic carbocycles. The van der Waals surface area contributed by atoms with Crippen LogP contribution >= 0.6 is 0 Å². The number of aliphatic hydroxyl groups is 3. The molecule has 4 atom stereocenters. The summed E-state index contributed by atoms with van der Waals surface area (Å²) in [5, 5.41) is 28.7. The SMILES string of the molecule is Nc1nc(F)nc2c1ncn2[C@@H]1O[C@H](CO)[C@@H](O)[C@@H]1O.O=c1ccn(F)c(=O)[nH]1. The summed E-state index contributed by atoms with van der Waals surface area (Å²) in [4.78, 5) is 32.7. The highest BCUT2D eigenvalue weighted by Crippen LogP contribution is 2.31. The number of aliphatic hydroxyl groups excluding tert-OH is 3. The van der Waals surface area contributed by atoms with Crippen molar-refractivity contribution in [3.63, 3.8) is 0 Å². The molecule has 156 valence electrons. The van der Waals surface area contributed by atoms with E-state index in [-0.39, 0.29) is 21.8 Å². The molecular weight excluding hydrogens is 400 g/mol. The number of fused-ring (bicyclic) bond motifs is 1. The Labute approximate surface area is 158 Å². The fourth-order valence-corrected chi connectivity index (χ4v) is 2.61. The number of aromatic nitrogens is 6. The number of nitrogen functional groups attached to an aromatic ring is 1. The molecule has 0 radical (unpaired) electrons. The maximum Gasteiger partial charge on any atom is 0.356 e. The molecule has 0 bridgehead atoms. The van der Waals surface area contributed by atoms with Gasteiger partial charge in [0.2, 0.25) is 0 Å². The molecule has 13 nitrogen and oxygen atoms in total. The average molecular weight is 415 g/mol. The van der Waals surface area contributed by atoms with Crippen molar-refractivity contribution in [3.8, 4) is 0 Å². The summed E-state index contributed by atoms with van der Waals surface area (Å²) in [6.07, 6.45) is -3.63. The van der Waals surface area contributed by atoms with Gasteiger partial charge in [0.15, 0.2) is 23.2 Å². The minimum atomic E-state index is -1.32. The maximum atomic E-state index is 13.2. The van der Waals surface area contributed by atoms with Gasteiger partial charge in [-0.25, -0.2) is 9.78 Å². The number of H-pyrrole nitrogens is 1. The predicted octanol–water partition coefficient (Wildman–Crippen LogP) is -2.57. The summed E-state index contributed by atoms with van der Waals surface area (Å²) in [7, 11) is 0. The van der Waals surface area contributed by atoms with E-state index in [1.54, 1.807) is 4.98 Å². The van der Waals surface area contributed by atoms with E-state index in [4.69, 9.17) is 15.6 Å². The molecule has 0 saturated carbocycles. The zero-order chi connectivity index (χ0) is 21.3. The second kappa shape index (κ2) is 8.00. The van der Waals surface area contributed by atoms with Crippen LogP contribution in [-0.4, -0.2) is 69.5 Å². The van der Waals surface area contributed by atoms with Crippen LogP contribution in [0.25, 0.3) is 11.2 Å². The molecular formula is C14H15F2N7O6. The topological polar surface area (TPSA) is 194 Å². The number of hydrogen-bond acceptors (Lipinski definition) is 10. The zero-order valence-corrected chi connectivity index (χ0v) is 14.4. The monoisotopic (exact) mass is 415 g/mol. The highest BCUT2D eigenvalue weighted by atomic mass is 19.2. The third-order valence-corrected chi connectivity index (χ3v) is 3.99. The molecule has 1 aliphatic rings. The minimum absolute atomic E-state index is 0.0323. The lowest BCUT2D eigenvalue weighted by Crippen LogP contribution is -2.33. The molecule has 4 rings (SSSR count). The molecule has 0 amide bonds. The first-order valence-corrected chi connectivity index (χ1v) is 7.99. The van der Waals surface area contributed by atoms with Crippen molar-refractivity contribution in [2.45, 2.75) is 24.5 Å². The lowest BCUT2D eigenvalue weighted by atomic mass is 10.1. The van der Waals surface area contributed by atoms with E-state index in [1.165, 1.54) is 10.9 Å². The number of ether oxygens (including phenoxy) is 1. The van der Waals surface area contributed by atoms with Gasteiger partial charge in [0.1, 0.15) is 18.3 Å². The number of hydrogen-bond donors (Lipinski definition) is 5. The van der Waals surface area contributed by atoms with Crippen molar-refractivity contribution in [1.29, 1.82) is 0 Å². The molecule has 29 heavy (non-hydrogen) atoms. The molecule has 3 aromatic heterocycles. The van der Waals surface area contributed by atoms with E-state index in [0.717, 1.165) is 12.3 Å². The van der Waals surface area contributed by atoms with E-state index >= 15 is 0 Å². The Balaban J connectivity index is 0.000000224. The summed E-state index contributed by atoms with van der Waals surface area (Å²) in [6, 6.07) is 0.918. The van der Waals surface area contributed by atoms with Gasteiger partial charge in [0, 0.05) is 12.3 Å². The number of aromatic amines is 1. The van der Waals surface area contributed by atoms with Crippen molar-refractivity contribution >= 4 is 17.0 Å². The van der Waals surface area contributed by atoms with Crippen LogP contribution in [0.15, 0.2) is 28.2 Å². The van der Waals surface area contributed by atoms with Crippen LogP contribution < -0.4 is 17.0 Å². The van der Waals surface area contributed by atoms with Gasteiger partial charge in [-0.3, -0.25) is 14.3 Å². The van der Waals surface area contributed by atoms with Crippen LogP contribution in [0.3, 0.4) is 0 Å². The van der Waals surface area contributed by atoms with Gasteiger partial charge in [0.05, 0.1) is 12.9 Å². The van der Waals surface area contributed by atoms with Crippen LogP contribution in [0.4, 0.5) is 14.7 Å². The quantitative estimate of drug-likeness (QED) is 0.278. The molecule has 1 saturated heterocycles. The number of halogens is 2. The molecule has 1 fully saturated rings. The Kier molecular flexibility index (Phi) is 5.64. The number of nitrogens with two attached hydrogens (primary N) is 1. The largest absolute Gasteiger partial charge is 0.394 e. The van der Waals surface area contributed by atoms with E-state index in [0.29, 0.717) is 0 Å². The second-order valence-corrected chi connectivity index (χ2v) is 5.85. The van der Waals surface area contributed by atoms with Crippen molar-refractivity contribution in [2.24, 2.45) is 0 Å². The van der Waals surface area contributed by atoms with Gasteiger partial charge in [-0.15, -0.1) is 4.79 Å². The first-order valence-electron chi connectivity index (χ1n) is 7.99. The molecule has 0 aliphatic carbocycles. The summed E-state index contributed by atoms with van der Waals surface area (Å²) in [5.41, 5.74) is 4.06. The minimum Gasteiger partial charge on any atom is -0.394 e. The summed E-state index contributed by atoms with van der Waals surface area (Å²) < 4.78 is 31.7. The fraction of sp³-hybridized carbons (Fsp3) is 0.357. The number of nitrogens with zero attached hydrogens (tertiary/aromatic N) is 5. The molecule has 1 aliphatic heterocycles. The van der Waals surface area contributed by atoms with E-state index < -0.39 is 48.5 Å². The Hall–Kier alpha value is -3.27. The third kappa shape index (κ3) is 3.97. The Morgan fingerprint density at radius 2 is 2.00 bits per heavy atom. The zero-order valence-electron chi connectivity index (χ0n) is 14.4. The molecule has 0 unspecified atom stereocenters. The Bertz CT molecular complexity index is 1130. The van der Waals surface area contributed by atoms with E-state index in [9.17, 15) is 28.7 Å². The summed E-state index contributed by atoms with van der Waals surface area (Å²) >= 11 is 0. The normalized spacial score (nSPS) is 23.8. The number of anilines is 1. The average Bonchev–Trinajstić information content (AvgIpc) is 3.21. The maximum absolute atomic E-state index is 13.2. The Morgan fingerprint density at radius 3 is 2.59 bits per heavy atom. The smallest absolute Gasteiger partial charge is 0.356 e. The molecule has 15 heteroatoms. The second-order valence-electron chi connectivity index (χ2n) is 5.85. The van der Waals surface area contributed by atoms with Crippen molar-refractivity contribution in [1.82, 2.24) is 29.3 Å². The van der Waals surface area contributed by atoms with Crippen LogP contribution in [-0.2, 0) is 4.74 Å². The summed E-state index contributed by atoms with van der Waals surface area (Å²) in [5.74, 6) is -0.141. The van der Waals surface area contributed by atoms with Gasteiger partial charge in [-0.05, 0) is 0 Å². The lowest BCUT2D eigenvalue weighted by Gasteiger charge is -2.16. The first kappa shape index (κ1) is 20.5. The molecule has 3 aromatic rings. The van der Waals surface area contributed by atoms with Gasteiger partial charge in [-0.2, -0.15) is 14.4 Å². The van der Waals surface area contributed by atoms with Gasteiger partial charge < -0.3 is 25.8 Å². The number of imidazole rings is 1. The van der Waals surface area contributed by atoms with E-state index in [2.05, 4.69) is 15.0 Å². The predicted molar refractivity (Wildman–Crippen MR) is 90.5 cm³/mol. The van der Waals surface area contributed by atoms with Crippen molar-refractivity contribution in [2.75, 3.05) is 12.3 Å². The van der Waals surface area contributed by atoms with Crippen molar-refractivity contribution < 1.29 is 28.9 Å². The first-order chi connectivity index (χ1) is 13.7. The molecule has 0 spiro atoms. The van der Waals surface area contributed by atoms with Gasteiger partial charge in [-0.1, -0.05) is 4.48 Å². The number of nitrogens with one attached hydrogen (secondary N) is 1. The highest BCUT2D eigenvalue weighted by molar-refractivity contribution is 5.81. The van der Waals surface area contributed by atoms with Gasteiger partial charge in [0.25, 0.3) is 5.56 Å². The lowest BCUT2D eigenvalue weighted by molar-refractivity contribution is -0.0511. The Morgan fingerprint density at radius 1 is 1.28 bits per heavy atom.